The molecule has 0 saturated carbocycles. The summed E-state index contributed by atoms with van der Waals surface area (Å²) in [6, 6.07) is -0.429. The molecule has 19 heavy (non-hydrogen) atoms. The third kappa shape index (κ3) is 5.78. The van der Waals surface area contributed by atoms with Crippen molar-refractivity contribution in [3.63, 3.8) is 0 Å². The summed E-state index contributed by atoms with van der Waals surface area (Å²) >= 11 is 0. The van der Waals surface area contributed by atoms with Crippen LogP contribution in [0.15, 0.2) is 0 Å². The summed E-state index contributed by atoms with van der Waals surface area (Å²) in [5, 5.41) is 31.7. The molecule has 0 aromatic heterocycles. The second-order valence-electron chi connectivity index (χ2n) is 5.81. The quantitative estimate of drug-likeness (QED) is 0.456. The number of rotatable bonds is 10. The van der Waals surface area contributed by atoms with Crippen LogP contribution in [0.25, 0.3) is 0 Å². The standard InChI is InChI=1S/C15H31NO3/c1-2-3-4-5-6-7-8-9-10-12-14(18)15(19)13(11-17)16-12/h12-19H,2-11H2,1H3/t12-,13-,14+,15-/m0/s1. The normalized spacial score (nSPS) is 30.9. The first kappa shape index (κ1) is 16.9. The average Bonchev–Trinajstić information content (AvgIpc) is 2.69. The maximum Gasteiger partial charge on any atom is 0.0989 e. The van der Waals surface area contributed by atoms with E-state index in [4.69, 9.17) is 5.11 Å². The van der Waals surface area contributed by atoms with Gasteiger partial charge >= 0.3 is 0 Å². The van der Waals surface area contributed by atoms with Gasteiger partial charge in [0, 0.05) is 6.04 Å². The van der Waals surface area contributed by atoms with Gasteiger partial charge in [-0.05, 0) is 6.42 Å². The lowest BCUT2D eigenvalue weighted by molar-refractivity contribution is 0.0186. The molecule has 1 heterocycles. The average molecular weight is 273 g/mol. The van der Waals surface area contributed by atoms with Crippen molar-refractivity contribution < 1.29 is 15.3 Å². The van der Waals surface area contributed by atoms with Gasteiger partial charge in [-0.1, -0.05) is 58.3 Å². The Morgan fingerprint density at radius 3 is 1.84 bits per heavy atom. The van der Waals surface area contributed by atoms with Crippen LogP contribution in [0.2, 0.25) is 0 Å². The van der Waals surface area contributed by atoms with E-state index in [1.54, 1.807) is 0 Å². The molecule has 4 heteroatoms. The number of hydrogen-bond donors (Lipinski definition) is 4. The fourth-order valence-electron chi connectivity index (χ4n) is 2.86. The number of aliphatic hydroxyl groups is 3. The van der Waals surface area contributed by atoms with Gasteiger partial charge in [0.25, 0.3) is 0 Å². The number of hydrogen-bond acceptors (Lipinski definition) is 4. The van der Waals surface area contributed by atoms with Gasteiger partial charge in [0.1, 0.15) is 0 Å². The van der Waals surface area contributed by atoms with Crippen LogP contribution in [0.1, 0.15) is 64.7 Å². The van der Waals surface area contributed by atoms with E-state index in [0.717, 1.165) is 12.8 Å². The molecule has 1 aliphatic rings. The Morgan fingerprint density at radius 1 is 0.789 bits per heavy atom. The fraction of sp³-hybridized carbons (Fsp3) is 1.00. The Balaban J connectivity index is 2.01. The van der Waals surface area contributed by atoms with Crippen molar-refractivity contribution in [3.8, 4) is 0 Å². The minimum absolute atomic E-state index is 0.0627. The molecule has 0 aliphatic carbocycles. The maximum absolute atomic E-state index is 9.84. The lowest BCUT2D eigenvalue weighted by Gasteiger charge is -2.15. The summed E-state index contributed by atoms with van der Waals surface area (Å²) in [4.78, 5) is 0. The Kier molecular flexibility index (Phi) is 8.62. The van der Waals surface area contributed by atoms with E-state index >= 15 is 0 Å². The molecular weight excluding hydrogens is 242 g/mol. The van der Waals surface area contributed by atoms with Crippen LogP contribution in [0, 0.1) is 0 Å². The van der Waals surface area contributed by atoms with E-state index in [2.05, 4.69) is 12.2 Å². The third-order valence-electron chi connectivity index (χ3n) is 4.17. The summed E-state index contributed by atoms with van der Waals surface area (Å²) in [5.41, 5.74) is 0. The van der Waals surface area contributed by atoms with Gasteiger partial charge in [-0.25, -0.2) is 0 Å². The Labute approximate surface area is 117 Å². The number of nitrogens with one attached hydrogen (secondary N) is 1. The molecule has 0 bridgehead atoms. The predicted molar refractivity (Wildman–Crippen MR) is 77.0 cm³/mol. The van der Waals surface area contributed by atoms with Crippen LogP contribution < -0.4 is 5.32 Å². The highest BCUT2D eigenvalue weighted by atomic mass is 16.3. The summed E-state index contributed by atoms with van der Waals surface area (Å²) in [6.07, 6.45) is 9.48. The van der Waals surface area contributed by atoms with Crippen molar-refractivity contribution in [2.45, 2.75) is 89.0 Å². The molecule has 0 unspecified atom stereocenters. The largest absolute Gasteiger partial charge is 0.395 e. The first-order chi connectivity index (χ1) is 9.20. The number of unbranched alkanes of at least 4 members (excludes halogenated alkanes) is 7. The Morgan fingerprint density at radius 2 is 1.32 bits per heavy atom. The Hall–Kier alpha value is -0.160. The van der Waals surface area contributed by atoms with Crippen LogP contribution in [0.3, 0.4) is 0 Å². The summed E-state index contributed by atoms with van der Waals surface area (Å²) in [6.45, 7) is 2.11. The van der Waals surface area contributed by atoms with E-state index < -0.39 is 12.2 Å². The molecule has 1 saturated heterocycles. The van der Waals surface area contributed by atoms with Gasteiger partial charge in [0.2, 0.25) is 0 Å². The fourth-order valence-corrected chi connectivity index (χ4v) is 2.86. The zero-order valence-corrected chi connectivity index (χ0v) is 12.2. The minimum atomic E-state index is -0.830. The van der Waals surface area contributed by atoms with E-state index in [1.165, 1.54) is 44.9 Å². The topological polar surface area (TPSA) is 72.7 Å². The molecule has 4 atom stereocenters. The van der Waals surface area contributed by atoms with E-state index in [0.29, 0.717) is 0 Å². The Bertz CT molecular complexity index is 225. The monoisotopic (exact) mass is 273 g/mol. The second kappa shape index (κ2) is 9.70. The van der Waals surface area contributed by atoms with Crippen LogP contribution in [-0.2, 0) is 0 Å². The van der Waals surface area contributed by atoms with Crippen LogP contribution in [-0.4, -0.2) is 46.2 Å². The second-order valence-corrected chi connectivity index (χ2v) is 5.81. The molecule has 0 aromatic carbocycles. The molecule has 1 rings (SSSR count). The summed E-state index contributed by atoms with van der Waals surface area (Å²) < 4.78 is 0. The lowest BCUT2D eigenvalue weighted by Crippen LogP contribution is -2.36. The van der Waals surface area contributed by atoms with Crippen molar-refractivity contribution in [1.29, 1.82) is 0 Å². The molecule has 0 radical (unpaired) electrons. The van der Waals surface area contributed by atoms with Crippen LogP contribution >= 0.6 is 0 Å². The molecule has 0 spiro atoms. The van der Waals surface area contributed by atoms with Crippen LogP contribution in [0.5, 0.6) is 0 Å². The zero-order valence-electron chi connectivity index (χ0n) is 12.2. The van der Waals surface area contributed by atoms with Crippen molar-refractivity contribution >= 4 is 0 Å². The van der Waals surface area contributed by atoms with Gasteiger partial charge in [-0.3, -0.25) is 0 Å². The lowest BCUT2D eigenvalue weighted by atomic mass is 10.0. The molecule has 1 fully saturated rings. The smallest absolute Gasteiger partial charge is 0.0989 e. The van der Waals surface area contributed by atoms with Crippen molar-refractivity contribution in [1.82, 2.24) is 5.32 Å². The molecule has 0 aromatic rings. The van der Waals surface area contributed by atoms with Crippen molar-refractivity contribution in [2.24, 2.45) is 0 Å². The van der Waals surface area contributed by atoms with Crippen LogP contribution in [0.4, 0.5) is 0 Å². The van der Waals surface area contributed by atoms with Gasteiger partial charge < -0.3 is 20.6 Å². The first-order valence-corrected chi connectivity index (χ1v) is 7.93. The highest BCUT2D eigenvalue weighted by Gasteiger charge is 2.39. The highest BCUT2D eigenvalue weighted by Crippen LogP contribution is 2.19. The SMILES string of the molecule is CCCCCCCCCC[C@@H]1N[C@@H](CO)[C@H](O)[C@@H]1O. The molecular formula is C15H31NO3. The van der Waals surface area contributed by atoms with Crippen molar-refractivity contribution in [2.75, 3.05) is 6.61 Å². The van der Waals surface area contributed by atoms with E-state index in [-0.39, 0.29) is 18.7 Å². The van der Waals surface area contributed by atoms with E-state index in [9.17, 15) is 10.2 Å². The van der Waals surface area contributed by atoms with Gasteiger partial charge in [0.15, 0.2) is 0 Å². The summed E-state index contributed by atoms with van der Waals surface area (Å²) in [7, 11) is 0. The molecule has 0 amide bonds. The maximum atomic E-state index is 9.84. The van der Waals surface area contributed by atoms with Gasteiger partial charge in [-0.15, -0.1) is 0 Å². The van der Waals surface area contributed by atoms with E-state index in [1.807, 2.05) is 0 Å². The number of aliphatic hydroxyl groups excluding tert-OH is 3. The van der Waals surface area contributed by atoms with Crippen molar-refractivity contribution in [3.05, 3.63) is 0 Å². The zero-order chi connectivity index (χ0) is 14.1. The minimum Gasteiger partial charge on any atom is -0.395 e. The third-order valence-corrected chi connectivity index (χ3v) is 4.17. The molecule has 114 valence electrons. The predicted octanol–water partition coefficient (Wildman–Crippen LogP) is 1.57. The highest BCUT2D eigenvalue weighted by molar-refractivity contribution is 4.97. The van der Waals surface area contributed by atoms with Gasteiger partial charge in [0.05, 0.1) is 24.9 Å². The first-order valence-electron chi connectivity index (χ1n) is 7.93. The van der Waals surface area contributed by atoms with Gasteiger partial charge in [-0.2, -0.15) is 0 Å². The molecule has 4 N–H and O–H groups in total. The molecule has 1 aliphatic heterocycles. The summed E-state index contributed by atoms with van der Waals surface area (Å²) in [5.74, 6) is 0. The molecule has 4 nitrogen and oxygen atoms in total.